The first-order valence-electron chi connectivity index (χ1n) is 5.41. The van der Waals surface area contributed by atoms with E-state index in [0.717, 1.165) is 26.1 Å². The summed E-state index contributed by atoms with van der Waals surface area (Å²) in [6.45, 7) is 5.56. The van der Waals surface area contributed by atoms with E-state index >= 15 is 0 Å². The van der Waals surface area contributed by atoms with E-state index in [1.807, 2.05) is 11.9 Å². The molecule has 1 atom stereocenters. The number of carbonyl (C=O) groups excluding carboxylic acids is 1. The molecule has 14 heavy (non-hydrogen) atoms. The van der Waals surface area contributed by atoms with Crippen molar-refractivity contribution in [2.45, 2.75) is 19.8 Å². The van der Waals surface area contributed by atoms with Crippen molar-refractivity contribution in [2.75, 3.05) is 33.2 Å². The summed E-state index contributed by atoms with van der Waals surface area (Å²) in [7, 11) is 1.88. The van der Waals surface area contributed by atoms with Crippen molar-refractivity contribution < 1.29 is 4.79 Å². The van der Waals surface area contributed by atoms with E-state index in [0.29, 0.717) is 12.5 Å². The number of piperidine rings is 1. The monoisotopic (exact) mass is 199 g/mol. The standard InChI is InChI=1S/C10H21N3O/c1-9-4-3-7-13(8-9)10(14)12-6-5-11-2/h9,11H,3-8H2,1-2H3,(H,12,14). The number of amides is 2. The van der Waals surface area contributed by atoms with Crippen LogP contribution in [0.2, 0.25) is 0 Å². The van der Waals surface area contributed by atoms with Crippen molar-refractivity contribution in [3.63, 3.8) is 0 Å². The maximum atomic E-state index is 11.6. The third-order valence-electron chi connectivity index (χ3n) is 2.60. The molecule has 0 aromatic rings. The van der Waals surface area contributed by atoms with Crippen molar-refractivity contribution in [3.05, 3.63) is 0 Å². The van der Waals surface area contributed by atoms with Gasteiger partial charge in [-0.2, -0.15) is 0 Å². The molecule has 0 radical (unpaired) electrons. The number of likely N-dealkylation sites (tertiary alicyclic amines) is 1. The third kappa shape index (κ3) is 3.54. The van der Waals surface area contributed by atoms with Gasteiger partial charge in [-0.15, -0.1) is 0 Å². The van der Waals surface area contributed by atoms with Gasteiger partial charge in [0, 0.05) is 26.2 Å². The van der Waals surface area contributed by atoms with Crippen molar-refractivity contribution in [1.29, 1.82) is 0 Å². The van der Waals surface area contributed by atoms with Crippen LogP contribution in [-0.2, 0) is 0 Å². The first kappa shape index (κ1) is 11.3. The minimum Gasteiger partial charge on any atom is -0.337 e. The molecule has 1 aliphatic heterocycles. The van der Waals surface area contributed by atoms with Gasteiger partial charge in [-0.1, -0.05) is 6.92 Å². The molecule has 0 aromatic heterocycles. The summed E-state index contributed by atoms with van der Waals surface area (Å²) in [6.07, 6.45) is 2.39. The highest BCUT2D eigenvalue weighted by molar-refractivity contribution is 5.74. The van der Waals surface area contributed by atoms with E-state index in [4.69, 9.17) is 0 Å². The van der Waals surface area contributed by atoms with Gasteiger partial charge < -0.3 is 15.5 Å². The number of hydrogen-bond donors (Lipinski definition) is 2. The Morgan fingerprint density at radius 3 is 2.93 bits per heavy atom. The van der Waals surface area contributed by atoms with E-state index in [-0.39, 0.29) is 6.03 Å². The Hall–Kier alpha value is -0.770. The molecule has 1 unspecified atom stereocenters. The molecule has 0 spiro atoms. The smallest absolute Gasteiger partial charge is 0.317 e. The fourth-order valence-corrected chi connectivity index (χ4v) is 1.78. The second kappa shape index (κ2) is 5.86. The minimum atomic E-state index is 0.0896. The van der Waals surface area contributed by atoms with Crippen LogP contribution >= 0.6 is 0 Å². The summed E-state index contributed by atoms with van der Waals surface area (Å²) in [6, 6.07) is 0.0896. The zero-order chi connectivity index (χ0) is 10.4. The zero-order valence-electron chi connectivity index (χ0n) is 9.18. The normalized spacial score (nSPS) is 22.1. The molecular formula is C10H21N3O. The molecule has 0 saturated carbocycles. The number of nitrogens with zero attached hydrogens (tertiary/aromatic N) is 1. The van der Waals surface area contributed by atoms with Crippen LogP contribution in [0.4, 0.5) is 4.79 Å². The quantitative estimate of drug-likeness (QED) is 0.655. The molecule has 1 aliphatic rings. The Labute approximate surface area is 86.0 Å². The Balaban J connectivity index is 2.22. The van der Waals surface area contributed by atoms with E-state index < -0.39 is 0 Å². The molecule has 0 bridgehead atoms. The predicted molar refractivity (Wildman–Crippen MR) is 57.3 cm³/mol. The third-order valence-corrected chi connectivity index (χ3v) is 2.60. The molecule has 1 fully saturated rings. The largest absolute Gasteiger partial charge is 0.337 e. The van der Waals surface area contributed by atoms with Gasteiger partial charge in [-0.05, 0) is 25.8 Å². The van der Waals surface area contributed by atoms with Gasteiger partial charge in [0.2, 0.25) is 0 Å². The van der Waals surface area contributed by atoms with E-state index in [2.05, 4.69) is 17.6 Å². The van der Waals surface area contributed by atoms with Gasteiger partial charge in [0.25, 0.3) is 0 Å². The van der Waals surface area contributed by atoms with Crippen molar-refractivity contribution in [3.8, 4) is 0 Å². The lowest BCUT2D eigenvalue weighted by Gasteiger charge is -2.30. The lowest BCUT2D eigenvalue weighted by molar-refractivity contribution is 0.170. The topological polar surface area (TPSA) is 44.4 Å². The minimum absolute atomic E-state index is 0.0896. The van der Waals surface area contributed by atoms with E-state index in [1.54, 1.807) is 0 Å². The van der Waals surface area contributed by atoms with Gasteiger partial charge >= 0.3 is 6.03 Å². The molecule has 4 heteroatoms. The number of hydrogen-bond acceptors (Lipinski definition) is 2. The van der Waals surface area contributed by atoms with Crippen molar-refractivity contribution >= 4 is 6.03 Å². The van der Waals surface area contributed by atoms with Crippen LogP contribution in [0, 0.1) is 5.92 Å². The average molecular weight is 199 g/mol. The van der Waals surface area contributed by atoms with Gasteiger partial charge in [0.15, 0.2) is 0 Å². The van der Waals surface area contributed by atoms with Crippen LogP contribution in [0.3, 0.4) is 0 Å². The lowest BCUT2D eigenvalue weighted by atomic mass is 10.0. The van der Waals surface area contributed by atoms with Crippen molar-refractivity contribution in [1.82, 2.24) is 15.5 Å². The maximum Gasteiger partial charge on any atom is 0.317 e. The Morgan fingerprint density at radius 2 is 2.29 bits per heavy atom. The highest BCUT2D eigenvalue weighted by Crippen LogP contribution is 2.14. The molecule has 1 rings (SSSR count). The highest BCUT2D eigenvalue weighted by atomic mass is 16.2. The van der Waals surface area contributed by atoms with Crippen LogP contribution in [-0.4, -0.2) is 44.2 Å². The summed E-state index contributed by atoms with van der Waals surface area (Å²) in [5, 5.41) is 5.90. The molecule has 1 heterocycles. The second-order valence-corrected chi connectivity index (χ2v) is 4.03. The molecule has 82 valence electrons. The Bertz CT molecular complexity index is 184. The first-order valence-corrected chi connectivity index (χ1v) is 5.41. The molecule has 0 aromatic carbocycles. The van der Waals surface area contributed by atoms with Crippen molar-refractivity contribution in [2.24, 2.45) is 5.92 Å². The number of urea groups is 1. The van der Waals surface area contributed by atoms with Gasteiger partial charge in [-0.3, -0.25) is 0 Å². The molecule has 1 saturated heterocycles. The number of rotatable bonds is 3. The fraction of sp³-hybridized carbons (Fsp3) is 0.900. The van der Waals surface area contributed by atoms with Crippen LogP contribution in [0.25, 0.3) is 0 Å². The zero-order valence-corrected chi connectivity index (χ0v) is 9.18. The van der Waals surface area contributed by atoms with Crippen LogP contribution in [0.1, 0.15) is 19.8 Å². The second-order valence-electron chi connectivity index (χ2n) is 4.03. The van der Waals surface area contributed by atoms with Crippen LogP contribution in [0.5, 0.6) is 0 Å². The highest BCUT2D eigenvalue weighted by Gasteiger charge is 2.19. The Morgan fingerprint density at radius 1 is 1.50 bits per heavy atom. The predicted octanol–water partition coefficient (Wildman–Crippen LogP) is 0.647. The molecule has 4 nitrogen and oxygen atoms in total. The molecule has 2 amide bonds. The fourth-order valence-electron chi connectivity index (χ4n) is 1.78. The van der Waals surface area contributed by atoms with E-state index in [9.17, 15) is 4.79 Å². The number of carbonyl (C=O) groups is 1. The molecular weight excluding hydrogens is 178 g/mol. The summed E-state index contributed by atoms with van der Waals surface area (Å²) < 4.78 is 0. The van der Waals surface area contributed by atoms with Gasteiger partial charge in [0.05, 0.1) is 0 Å². The summed E-state index contributed by atoms with van der Waals surface area (Å²) in [5.41, 5.74) is 0. The summed E-state index contributed by atoms with van der Waals surface area (Å²) >= 11 is 0. The molecule has 0 aliphatic carbocycles. The van der Waals surface area contributed by atoms with Gasteiger partial charge in [-0.25, -0.2) is 4.79 Å². The summed E-state index contributed by atoms with van der Waals surface area (Å²) in [5.74, 6) is 0.652. The maximum absolute atomic E-state index is 11.6. The average Bonchev–Trinajstić information content (AvgIpc) is 2.18. The molecule has 2 N–H and O–H groups in total. The van der Waals surface area contributed by atoms with Crippen LogP contribution < -0.4 is 10.6 Å². The number of nitrogens with one attached hydrogen (secondary N) is 2. The Kier molecular flexibility index (Phi) is 4.73. The van der Waals surface area contributed by atoms with Gasteiger partial charge in [0.1, 0.15) is 0 Å². The summed E-state index contributed by atoms with van der Waals surface area (Å²) in [4.78, 5) is 13.5. The number of likely N-dealkylation sites (N-methyl/N-ethyl adjacent to an activating group) is 1. The lowest BCUT2D eigenvalue weighted by Crippen LogP contribution is -2.46. The van der Waals surface area contributed by atoms with E-state index in [1.165, 1.54) is 6.42 Å². The van der Waals surface area contributed by atoms with Crippen LogP contribution in [0.15, 0.2) is 0 Å². The SMILES string of the molecule is CNCCNC(=O)N1CCCC(C)C1. The first-order chi connectivity index (χ1) is 6.74.